The molecule has 0 aromatic heterocycles. The first kappa shape index (κ1) is 19.5. The van der Waals surface area contributed by atoms with E-state index in [0.29, 0.717) is 21.8 Å². The molecule has 7 heteroatoms. The van der Waals surface area contributed by atoms with E-state index in [9.17, 15) is 4.79 Å². The molecule has 1 aromatic rings. The van der Waals surface area contributed by atoms with Gasteiger partial charge in [0.05, 0.1) is 0 Å². The summed E-state index contributed by atoms with van der Waals surface area (Å²) in [5.41, 5.74) is 5.04. The SMILES string of the molecule is Cc1cc(OC(C)(C)C(=O)NNC(=S)NCC(C)C)ccc1Cl. The van der Waals surface area contributed by atoms with Gasteiger partial charge in [0.1, 0.15) is 5.75 Å². The standard InChI is InChI=1S/C16H24ClN3O2S/c1-10(2)9-18-15(23)20-19-14(21)16(4,5)22-12-6-7-13(17)11(3)8-12/h6-8,10H,9H2,1-5H3,(H,19,21)(H2,18,20,23). The largest absolute Gasteiger partial charge is 0.478 e. The van der Waals surface area contributed by atoms with Gasteiger partial charge in [0.2, 0.25) is 0 Å². The van der Waals surface area contributed by atoms with Gasteiger partial charge in [-0.05, 0) is 62.7 Å². The number of nitrogens with one attached hydrogen (secondary N) is 3. The predicted octanol–water partition coefficient (Wildman–Crippen LogP) is 2.96. The molecule has 0 aliphatic rings. The summed E-state index contributed by atoms with van der Waals surface area (Å²) >= 11 is 11.1. The summed E-state index contributed by atoms with van der Waals surface area (Å²) in [5, 5.41) is 4.02. The van der Waals surface area contributed by atoms with E-state index in [2.05, 4.69) is 30.0 Å². The van der Waals surface area contributed by atoms with Crippen molar-refractivity contribution in [2.75, 3.05) is 6.54 Å². The van der Waals surface area contributed by atoms with Crippen LogP contribution in [0.15, 0.2) is 18.2 Å². The minimum Gasteiger partial charge on any atom is -0.478 e. The number of carbonyl (C=O) groups is 1. The van der Waals surface area contributed by atoms with E-state index in [4.69, 9.17) is 28.6 Å². The van der Waals surface area contributed by atoms with Crippen molar-refractivity contribution >= 4 is 34.8 Å². The predicted molar refractivity (Wildman–Crippen MR) is 97.6 cm³/mol. The molecule has 0 heterocycles. The molecule has 1 amide bonds. The Morgan fingerprint density at radius 2 is 2.00 bits per heavy atom. The Morgan fingerprint density at radius 1 is 1.35 bits per heavy atom. The van der Waals surface area contributed by atoms with Crippen LogP contribution in [0.2, 0.25) is 5.02 Å². The van der Waals surface area contributed by atoms with Crippen LogP contribution in [0, 0.1) is 12.8 Å². The highest BCUT2D eigenvalue weighted by molar-refractivity contribution is 7.80. The molecule has 1 rings (SSSR count). The highest BCUT2D eigenvalue weighted by Gasteiger charge is 2.30. The van der Waals surface area contributed by atoms with Gasteiger partial charge >= 0.3 is 0 Å². The first-order valence-electron chi connectivity index (χ1n) is 7.41. The monoisotopic (exact) mass is 357 g/mol. The van der Waals surface area contributed by atoms with Crippen molar-refractivity contribution in [2.45, 2.75) is 40.2 Å². The van der Waals surface area contributed by atoms with Crippen molar-refractivity contribution in [3.05, 3.63) is 28.8 Å². The van der Waals surface area contributed by atoms with Crippen LogP contribution in [-0.4, -0.2) is 23.2 Å². The second-order valence-corrected chi connectivity index (χ2v) is 7.02. The summed E-state index contributed by atoms with van der Waals surface area (Å²) in [6.45, 7) is 10.1. The number of thiocarbonyl (C=S) groups is 1. The molecule has 0 aliphatic heterocycles. The second kappa shape index (κ2) is 8.36. The number of aryl methyl sites for hydroxylation is 1. The van der Waals surface area contributed by atoms with Gasteiger partial charge in [-0.15, -0.1) is 0 Å². The van der Waals surface area contributed by atoms with E-state index in [0.717, 1.165) is 12.1 Å². The fourth-order valence-corrected chi connectivity index (χ4v) is 1.88. The lowest BCUT2D eigenvalue weighted by molar-refractivity contribution is -0.134. The Kier molecular flexibility index (Phi) is 7.09. The molecule has 0 unspecified atom stereocenters. The summed E-state index contributed by atoms with van der Waals surface area (Å²) in [6, 6.07) is 5.26. The average molecular weight is 358 g/mol. The zero-order valence-corrected chi connectivity index (χ0v) is 15.7. The highest BCUT2D eigenvalue weighted by Crippen LogP contribution is 2.24. The molecular formula is C16H24ClN3O2S. The van der Waals surface area contributed by atoms with Gasteiger partial charge < -0.3 is 10.1 Å². The van der Waals surface area contributed by atoms with E-state index >= 15 is 0 Å². The lowest BCUT2D eigenvalue weighted by Gasteiger charge is -2.26. The second-order valence-electron chi connectivity index (χ2n) is 6.21. The number of amides is 1. The molecule has 0 spiro atoms. The third kappa shape index (κ3) is 6.62. The van der Waals surface area contributed by atoms with Crippen molar-refractivity contribution in [2.24, 2.45) is 5.92 Å². The third-order valence-corrected chi connectivity index (χ3v) is 3.68. The number of carbonyl (C=O) groups excluding carboxylic acids is 1. The molecule has 0 fully saturated rings. The maximum atomic E-state index is 12.3. The first-order valence-corrected chi connectivity index (χ1v) is 8.20. The fourth-order valence-electron chi connectivity index (χ4n) is 1.63. The zero-order chi connectivity index (χ0) is 17.6. The molecule has 1 aromatic carbocycles. The van der Waals surface area contributed by atoms with Crippen molar-refractivity contribution in [3.8, 4) is 5.75 Å². The number of benzene rings is 1. The van der Waals surface area contributed by atoms with E-state index in [-0.39, 0.29) is 5.91 Å². The van der Waals surface area contributed by atoms with Gasteiger partial charge in [-0.3, -0.25) is 15.6 Å². The molecule has 23 heavy (non-hydrogen) atoms. The topological polar surface area (TPSA) is 62.4 Å². The number of halogens is 1. The summed E-state index contributed by atoms with van der Waals surface area (Å²) in [6.07, 6.45) is 0. The Bertz CT molecular complexity index is 576. The fraction of sp³-hybridized carbons (Fsp3) is 0.500. The van der Waals surface area contributed by atoms with E-state index in [1.807, 2.05) is 6.92 Å². The number of ether oxygens (including phenoxy) is 1. The van der Waals surface area contributed by atoms with Crippen LogP contribution >= 0.6 is 23.8 Å². The van der Waals surface area contributed by atoms with Gasteiger partial charge in [-0.25, -0.2) is 0 Å². The molecule has 5 nitrogen and oxygen atoms in total. The third-order valence-electron chi connectivity index (χ3n) is 3.01. The lowest BCUT2D eigenvalue weighted by atomic mass is 10.1. The van der Waals surface area contributed by atoms with Crippen molar-refractivity contribution < 1.29 is 9.53 Å². The number of rotatable bonds is 5. The highest BCUT2D eigenvalue weighted by atomic mass is 35.5. The molecule has 128 valence electrons. The maximum absolute atomic E-state index is 12.3. The van der Waals surface area contributed by atoms with Crippen molar-refractivity contribution in [1.29, 1.82) is 0 Å². The first-order chi connectivity index (χ1) is 10.6. The van der Waals surface area contributed by atoms with Crippen LogP contribution in [-0.2, 0) is 4.79 Å². The summed E-state index contributed by atoms with van der Waals surface area (Å²) in [4.78, 5) is 12.3. The zero-order valence-electron chi connectivity index (χ0n) is 14.1. The van der Waals surface area contributed by atoms with E-state index in [1.165, 1.54) is 0 Å². The van der Waals surface area contributed by atoms with Crippen LogP contribution in [0.5, 0.6) is 5.75 Å². The van der Waals surface area contributed by atoms with Crippen LogP contribution in [0.1, 0.15) is 33.3 Å². The Morgan fingerprint density at radius 3 is 2.57 bits per heavy atom. The summed E-state index contributed by atoms with van der Waals surface area (Å²) in [7, 11) is 0. The van der Waals surface area contributed by atoms with Crippen LogP contribution in [0.25, 0.3) is 0 Å². The number of hydrogen-bond acceptors (Lipinski definition) is 3. The minimum absolute atomic E-state index is 0.334. The normalized spacial score (nSPS) is 11.1. The van der Waals surface area contributed by atoms with Gasteiger partial charge in [0, 0.05) is 11.6 Å². The molecule has 0 saturated heterocycles. The van der Waals surface area contributed by atoms with Crippen LogP contribution in [0.4, 0.5) is 0 Å². The molecule has 0 atom stereocenters. The summed E-state index contributed by atoms with van der Waals surface area (Å²) in [5.74, 6) is 0.699. The average Bonchev–Trinajstić information content (AvgIpc) is 2.46. The minimum atomic E-state index is -1.07. The van der Waals surface area contributed by atoms with Crippen molar-refractivity contribution in [1.82, 2.24) is 16.2 Å². The van der Waals surface area contributed by atoms with E-state index in [1.54, 1.807) is 32.0 Å². The van der Waals surface area contributed by atoms with Crippen molar-refractivity contribution in [3.63, 3.8) is 0 Å². The quantitative estimate of drug-likeness (QED) is 0.558. The molecule has 0 saturated carbocycles. The Hall–Kier alpha value is -1.53. The molecule has 0 radical (unpaired) electrons. The number of hydrogen-bond donors (Lipinski definition) is 3. The molecule has 3 N–H and O–H groups in total. The smallest absolute Gasteiger partial charge is 0.281 e. The molecular weight excluding hydrogens is 334 g/mol. The Labute approximate surface area is 148 Å². The van der Waals surface area contributed by atoms with E-state index < -0.39 is 5.60 Å². The van der Waals surface area contributed by atoms with Gasteiger partial charge in [-0.2, -0.15) is 0 Å². The van der Waals surface area contributed by atoms with Gasteiger partial charge in [0.15, 0.2) is 10.7 Å². The summed E-state index contributed by atoms with van der Waals surface area (Å²) < 4.78 is 5.76. The lowest BCUT2D eigenvalue weighted by Crippen LogP contribution is -2.55. The van der Waals surface area contributed by atoms with Crippen LogP contribution < -0.4 is 20.9 Å². The molecule has 0 bridgehead atoms. The Balaban J connectivity index is 2.56. The number of hydrazine groups is 1. The van der Waals surface area contributed by atoms with Crippen LogP contribution in [0.3, 0.4) is 0 Å². The van der Waals surface area contributed by atoms with Gasteiger partial charge in [-0.1, -0.05) is 25.4 Å². The maximum Gasteiger partial charge on any atom is 0.281 e. The molecule has 0 aliphatic carbocycles. The van der Waals surface area contributed by atoms with Gasteiger partial charge in [0.25, 0.3) is 5.91 Å².